The van der Waals surface area contributed by atoms with Crippen LogP contribution in [0.2, 0.25) is 0 Å². The van der Waals surface area contributed by atoms with Crippen LogP contribution < -0.4 is 11.3 Å². The molecule has 10 heteroatoms. The highest BCUT2D eigenvalue weighted by Crippen LogP contribution is 2.33. The van der Waals surface area contributed by atoms with E-state index in [4.69, 9.17) is 10.3 Å². The van der Waals surface area contributed by atoms with Gasteiger partial charge < -0.3 is 10.3 Å². The van der Waals surface area contributed by atoms with Crippen molar-refractivity contribution in [2.24, 2.45) is 5.10 Å². The smallest absolute Gasteiger partial charge is 0.280 e. The van der Waals surface area contributed by atoms with Crippen molar-refractivity contribution in [1.29, 1.82) is 0 Å². The van der Waals surface area contributed by atoms with Crippen LogP contribution in [0, 0.1) is 24.0 Å². The Morgan fingerprint density at radius 1 is 1.36 bits per heavy atom. The zero-order valence-electron chi connectivity index (χ0n) is 13.5. The SMILES string of the molecule is Cc1cc(-c2ccc(/C=N/Nc3nncn3N)o2)c([N+](=O)[O-])cc1C. The molecule has 0 spiro atoms. The minimum atomic E-state index is -0.423. The molecule has 0 saturated heterocycles. The van der Waals surface area contributed by atoms with Gasteiger partial charge in [0.05, 0.1) is 16.7 Å². The predicted molar refractivity (Wildman–Crippen MR) is 91.7 cm³/mol. The molecule has 0 aliphatic heterocycles. The maximum absolute atomic E-state index is 11.3. The van der Waals surface area contributed by atoms with Gasteiger partial charge in [0.2, 0.25) is 0 Å². The van der Waals surface area contributed by atoms with Crippen molar-refractivity contribution in [3.8, 4) is 11.3 Å². The second-order valence-corrected chi connectivity index (χ2v) is 5.34. The van der Waals surface area contributed by atoms with Gasteiger partial charge in [0, 0.05) is 6.07 Å². The summed E-state index contributed by atoms with van der Waals surface area (Å²) in [5.74, 6) is 6.60. The molecule has 2 aromatic heterocycles. The monoisotopic (exact) mass is 341 g/mol. The van der Waals surface area contributed by atoms with Crippen LogP contribution in [0.1, 0.15) is 16.9 Å². The van der Waals surface area contributed by atoms with Crippen LogP contribution in [-0.4, -0.2) is 26.0 Å². The molecule has 0 bridgehead atoms. The molecular formula is C15H15N7O3. The van der Waals surface area contributed by atoms with Gasteiger partial charge in [-0.25, -0.2) is 10.1 Å². The maximum atomic E-state index is 11.3. The standard InChI is InChI=1S/C15H15N7O3/c1-9-5-12(13(22(23)24)6-10(9)2)14-4-3-11(25-14)7-17-19-15-20-18-8-21(15)16/h3-8H,16H2,1-2H3,(H,19,20)/b17-7+. The summed E-state index contributed by atoms with van der Waals surface area (Å²) in [6, 6.07) is 6.59. The normalized spacial score (nSPS) is 11.1. The third kappa shape index (κ3) is 3.32. The van der Waals surface area contributed by atoms with E-state index in [1.165, 1.54) is 23.3 Å². The lowest BCUT2D eigenvalue weighted by Gasteiger charge is -2.04. The highest BCUT2D eigenvalue weighted by Gasteiger charge is 2.19. The number of aryl methyl sites for hydroxylation is 2. The molecule has 0 unspecified atom stereocenters. The Morgan fingerprint density at radius 2 is 2.12 bits per heavy atom. The van der Waals surface area contributed by atoms with E-state index in [9.17, 15) is 10.1 Å². The van der Waals surface area contributed by atoms with Crippen molar-refractivity contribution in [1.82, 2.24) is 14.9 Å². The summed E-state index contributed by atoms with van der Waals surface area (Å²) in [4.78, 5) is 10.9. The zero-order chi connectivity index (χ0) is 18.0. The largest absolute Gasteiger partial charge is 0.455 e. The number of nitrogens with zero attached hydrogens (tertiary/aromatic N) is 5. The number of anilines is 1. The third-order valence-corrected chi connectivity index (χ3v) is 3.63. The molecule has 0 atom stereocenters. The summed E-state index contributed by atoms with van der Waals surface area (Å²) >= 11 is 0. The molecule has 0 aliphatic carbocycles. The second kappa shape index (κ2) is 6.43. The first kappa shape index (κ1) is 16.2. The van der Waals surface area contributed by atoms with Crippen molar-refractivity contribution in [3.05, 3.63) is 57.6 Å². The number of aromatic nitrogens is 3. The Kier molecular flexibility index (Phi) is 4.16. The van der Waals surface area contributed by atoms with E-state index in [0.717, 1.165) is 11.1 Å². The van der Waals surface area contributed by atoms with E-state index in [-0.39, 0.29) is 11.6 Å². The van der Waals surface area contributed by atoms with Gasteiger partial charge in [-0.2, -0.15) is 5.10 Å². The zero-order valence-corrected chi connectivity index (χ0v) is 13.5. The Morgan fingerprint density at radius 3 is 2.80 bits per heavy atom. The molecule has 0 saturated carbocycles. The van der Waals surface area contributed by atoms with Gasteiger partial charge in [-0.3, -0.25) is 10.1 Å². The molecular weight excluding hydrogens is 326 g/mol. The molecule has 3 N–H and O–H groups in total. The van der Waals surface area contributed by atoms with Crippen molar-refractivity contribution >= 4 is 17.9 Å². The van der Waals surface area contributed by atoms with Crippen molar-refractivity contribution in [2.75, 3.05) is 11.3 Å². The maximum Gasteiger partial charge on any atom is 0.280 e. The number of nitro benzene ring substituents is 1. The highest BCUT2D eigenvalue weighted by molar-refractivity contribution is 5.79. The molecule has 0 aliphatic rings. The van der Waals surface area contributed by atoms with E-state index >= 15 is 0 Å². The first-order valence-corrected chi connectivity index (χ1v) is 7.25. The van der Waals surface area contributed by atoms with Crippen molar-refractivity contribution in [2.45, 2.75) is 13.8 Å². The molecule has 3 aromatic rings. The molecule has 0 amide bonds. The third-order valence-electron chi connectivity index (χ3n) is 3.63. The van der Waals surface area contributed by atoms with Crippen LogP contribution in [0.5, 0.6) is 0 Å². The summed E-state index contributed by atoms with van der Waals surface area (Å²) in [6.45, 7) is 3.72. The number of nitrogen functional groups attached to an aromatic ring is 1. The van der Waals surface area contributed by atoms with E-state index < -0.39 is 4.92 Å². The number of furan rings is 1. The van der Waals surface area contributed by atoms with E-state index in [1.54, 1.807) is 18.2 Å². The molecule has 10 nitrogen and oxygen atoms in total. The number of rotatable bonds is 5. The average Bonchev–Trinajstić information content (AvgIpc) is 3.19. The Balaban J connectivity index is 1.85. The summed E-state index contributed by atoms with van der Waals surface area (Å²) in [7, 11) is 0. The van der Waals surface area contributed by atoms with Crippen LogP contribution in [-0.2, 0) is 0 Å². The molecule has 25 heavy (non-hydrogen) atoms. The Bertz CT molecular complexity index is 958. The number of benzene rings is 1. The highest BCUT2D eigenvalue weighted by atomic mass is 16.6. The van der Waals surface area contributed by atoms with Crippen LogP contribution in [0.15, 0.2) is 40.1 Å². The van der Waals surface area contributed by atoms with Gasteiger partial charge in [-0.05, 0) is 43.2 Å². The molecule has 0 fully saturated rings. The summed E-state index contributed by atoms with van der Waals surface area (Å²) < 4.78 is 6.81. The summed E-state index contributed by atoms with van der Waals surface area (Å²) in [5.41, 5.74) is 4.80. The quantitative estimate of drug-likeness (QED) is 0.314. The lowest BCUT2D eigenvalue weighted by atomic mass is 10.0. The van der Waals surface area contributed by atoms with E-state index in [0.29, 0.717) is 17.1 Å². The Hall–Kier alpha value is -3.69. The number of nitrogens with one attached hydrogen (secondary N) is 1. The van der Waals surface area contributed by atoms with E-state index in [2.05, 4.69) is 20.7 Å². The average molecular weight is 341 g/mol. The summed E-state index contributed by atoms with van der Waals surface area (Å²) in [6.07, 6.45) is 2.73. The first-order chi connectivity index (χ1) is 12.0. The molecule has 1 aromatic carbocycles. The van der Waals surface area contributed by atoms with Gasteiger partial charge in [0.1, 0.15) is 17.8 Å². The number of hydrazone groups is 1. The summed E-state index contributed by atoms with van der Waals surface area (Å²) in [5, 5.41) is 22.5. The minimum absolute atomic E-state index is 0.00435. The van der Waals surface area contributed by atoms with E-state index in [1.807, 2.05) is 13.8 Å². The lowest BCUT2D eigenvalue weighted by Crippen LogP contribution is -2.10. The number of hydrogen-bond acceptors (Lipinski definition) is 8. The van der Waals surface area contributed by atoms with Gasteiger partial charge >= 0.3 is 0 Å². The van der Waals surface area contributed by atoms with Crippen LogP contribution >= 0.6 is 0 Å². The first-order valence-electron chi connectivity index (χ1n) is 7.25. The fourth-order valence-electron chi connectivity index (χ4n) is 2.19. The van der Waals surface area contributed by atoms with Crippen molar-refractivity contribution < 1.29 is 9.34 Å². The molecule has 0 radical (unpaired) electrons. The van der Waals surface area contributed by atoms with Gasteiger partial charge in [-0.15, -0.1) is 10.2 Å². The van der Waals surface area contributed by atoms with Crippen LogP contribution in [0.25, 0.3) is 11.3 Å². The molecule has 3 rings (SSSR count). The van der Waals surface area contributed by atoms with Gasteiger partial charge in [-0.1, -0.05) is 0 Å². The molecule has 128 valence electrons. The number of nitro groups is 1. The van der Waals surface area contributed by atoms with Crippen LogP contribution in [0.4, 0.5) is 11.6 Å². The van der Waals surface area contributed by atoms with Gasteiger partial charge in [0.25, 0.3) is 11.6 Å². The van der Waals surface area contributed by atoms with Crippen molar-refractivity contribution in [3.63, 3.8) is 0 Å². The number of hydrogen-bond donors (Lipinski definition) is 2. The second-order valence-electron chi connectivity index (χ2n) is 5.34. The minimum Gasteiger partial charge on any atom is -0.455 e. The fraction of sp³-hybridized carbons (Fsp3) is 0.133. The topological polar surface area (TPSA) is 137 Å². The molecule has 2 heterocycles. The Labute approximate surface area is 142 Å². The number of nitrogens with two attached hydrogens (primary N) is 1. The van der Waals surface area contributed by atoms with Crippen LogP contribution in [0.3, 0.4) is 0 Å². The lowest BCUT2D eigenvalue weighted by molar-refractivity contribution is -0.384. The van der Waals surface area contributed by atoms with Gasteiger partial charge in [0.15, 0.2) is 0 Å². The fourth-order valence-corrected chi connectivity index (χ4v) is 2.19. The predicted octanol–water partition coefficient (Wildman–Crippen LogP) is 2.22.